The maximum absolute atomic E-state index is 2.32. The predicted octanol–water partition coefficient (Wildman–Crippen LogP) is 6.85. The fourth-order valence-corrected chi connectivity index (χ4v) is 6.82. The molecule has 0 aromatic carbocycles. The van der Waals surface area contributed by atoms with Crippen molar-refractivity contribution in [3.63, 3.8) is 0 Å². The summed E-state index contributed by atoms with van der Waals surface area (Å²) in [5.74, 6) is 0. The van der Waals surface area contributed by atoms with Crippen molar-refractivity contribution < 1.29 is 0 Å². The Morgan fingerprint density at radius 2 is 1.00 bits per heavy atom. The second-order valence-corrected chi connectivity index (χ2v) is 10.9. The summed E-state index contributed by atoms with van der Waals surface area (Å²) in [5.41, 5.74) is 0.544. The van der Waals surface area contributed by atoms with E-state index in [9.17, 15) is 0 Å². The van der Waals surface area contributed by atoms with E-state index in [1.54, 1.807) is 0 Å². The number of thioether (sulfide) groups is 4. The van der Waals surface area contributed by atoms with E-state index < -0.39 is 0 Å². The van der Waals surface area contributed by atoms with Crippen molar-refractivity contribution in [2.75, 3.05) is 0 Å². The first kappa shape index (κ1) is 15.0. The van der Waals surface area contributed by atoms with Crippen LogP contribution in [0.2, 0.25) is 0 Å². The van der Waals surface area contributed by atoms with E-state index in [1.807, 2.05) is 47.0 Å². The standard InChI is InChI=1S/C14H20S4/c1-13(2,3)9-7-15-11(17-9)12-16-8-10(18-12)14(4,5)6/h7-8H,1-6H3/b12-11-. The molecule has 0 aromatic rings. The second-order valence-electron chi connectivity index (χ2n) is 6.48. The Bertz CT molecular complexity index is 399. The number of rotatable bonds is 0. The Balaban J connectivity index is 2.07. The SMILES string of the molecule is CC(C)(C)C1=CS/C(=C2\SC=C(C(C)(C)C)S2)S1. The average molecular weight is 317 g/mol. The number of allylic oxidation sites excluding steroid dienone is 2. The fraction of sp³-hybridized carbons (Fsp3) is 0.571. The molecule has 0 bridgehead atoms. The largest absolute Gasteiger partial charge is 0.0881 e. The first-order chi connectivity index (χ1) is 8.18. The molecule has 0 fully saturated rings. The van der Waals surface area contributed by atoms with Gasteiger partial charge in [-0.05, 0) is 21.6 Å². The lowest BCUT2D eigenvalue weighted by Gasteiger charge is -2.19. The molecule has 2 rings (SSSR count). The molecule has 0 radical (unpaired) electrons. The number of hydrogen-bond donors (Lipinski definition) is 0. The van der Waals surface area contributed by atoms with Crippen molar-refractivity contribution in [3.05, 3.63) is 29.1 Å². The quantitative estimate of drug-likeness (QED) is 0.479. The molecule has 18 heavy (non-hydrogen) atoms. The van der Waals surface area contributed by atoms with Gasteiger partial charge in [0, 0.05) is 9.81 Å². The molecule has 0 aliphatic carbocycles. The lowest BCUT2D eigenvalue weighted by atomic mass is 9.97. The highest BCUT2D eigenvalue weighted by Gasteiger charge is 2.30. The van der Waals surface area contributed by atoms with Crippen LogP contribution in [0.1, 0.15) is 41.5 Å². The molecule has 4 heteroatoms. The van der Waals surface area contributed by atoms with E-state index in [0.717, 1.165) is 0 Å². The third-order valence-corrected chi connectivity index (χ3v) is 8.71. The van der Waals surface area contributed by atoms with Crippen molar-refractivity contribution in [3.8, 4) is 0 Å². The molecule has 2 aliphatic rings. The monoisotopic (exact) mass is 316 g/mol. The van der Waals surface area contributed by atoms with Gasteiger partial charge in [0.1, 0.15) is 0 Å². The smallest absolute Gasteiger partial charge is 0.0697 e. The zero-order valence-corrected chi connectivity index (χ0v) is 15.1. The number of hydrogen-bond acceptors (Lipinski definition) is 4. The Kier molecular flexibility index (Phi) is 4.33. The minimum atomic E-state index is 0.272. The topological polar surface area (TPSA) is 0 Å². The molecule has 0 N–H and O–H groups in total. The second kappa shape index (κ2) is 5.19. The van der Waals surface area contributed by atoms with E-state index in [-0.39, 0.29) is 10.8 Å². The van der Waals surface area contributed by atoms with Crippen LogP contribution in [-0.2, 0) is 0 Å². The lowest BCUT2D eigenvalue weighted by molar-refractivity contribution is 0.534. The van der Waals surface area contributed by atoms with E-state index in [1.165, 1.54) is 18.3 Å². The van der Waals surface area contributed by atoms with Crippen LogP contribution < -0.4 is 0 Å². The van der Waals surface area contributed by atoms with Crippen molar-refractivity contribution in [1.29, 1.82) is 0 Å². The third kappa shape index (κ3) is 3.38. The van der Waals surface area contributed by atoms with Gasteiger partial charge in [-0.1, -0.05) is 88.6 Å². The summed E-state index contributed by atoms with van der Waals surface area (Å²) >= 11 is 7.70. The summed E-state index contributed by atoms with van der Waals surface area (Å²) in [6.07, 6.45) is 0. The van der Waals surface area contributed by atoms with Crippen molar-refractivity contribution in [1.82, 2.24) is 0 Å². The van der Waals surface area contributed by atoms with Gasteiger partial charge >= 0.3 is 0 Å². The van der Waals surface area contributed by atoms with Crippen LogP contribution in [0.25, 0.3) is 0 Å². The molecular formula is C14H20S4. The molecule has 0 amide bonds. The van der Waals surface area contributed by atoms with Gasteiger partial charge in [0.2, 0.25) is 0 Å². The molecule has 0 saturated heterocycles. The minimum Gasteiger partial charge on any atom is -0.0881 e. The Hall–Kier alpha value is 0.620. The zero-order chi connectivity index (χ0) is 13.6. The van der Waals surface area contributed by atoms with E-state index >= 15 is 0 Å². The summed E-state index contributed by atoms with van der Waals surface area (Å²) in [5, 5.41) is 4.65. The molecule has 0 aromatic heterocycles. The summed E-state index contributed by atoms with van der Waals surface area (Å²) < 4.78 is 2.93. The molecule has 0 atom stereocenters. The van der Waals surface area contributed by atoms with Gasteiger partial charge in [0.25, 0.3) is 0 Å². The van der Waals surface area contributed by atoms with Gasteiger partial charge in [0.15, 0.2) is 0 Å². The summed E-state index contributed by atoms with van der Waals surface area (Å²) in [6.45, 7) is 13.7. The van der Waals surface area contributed by atoms with Gasteiger partial charge < -0.3 is 0 Å². The minimum absolute atomic E-state index is 0.272. The lowest BCUT2D eigenvalue weighted by Crippen LogP contribution is -2.04. The Morgan fingerprint density at radius 1 is 0.667 bits per heavy atom. The Morgan fingerprint density at radius 3 is 1.22 bits per heavy atom. The van der Waals surface area contributed by atoms with Crippen LogP contribution in [0, 0.1) is 10.8 Å². The fourth-order valence-electron chi connectivity index (χ4n) is 1.35. The van der Waals surface area contributed by atoms with Crippen LogP contribution in [0.4, 0.5) is 0 Å². The highest BCUT2D eigenvalue weighted by atomic mass is 32.2. The highest BCUT2D eigenvalue weighted by Crippen LogP contribution is 2.60. The van der Waals surface area contributed by atoms with Gasteiger partial charge in [0.05, 0.1) is 8.47 Å². The van der Waals surface area contributed by atoms with E-state index in [4.69, 9.17) is 0 Å². The average Bonchev–Trinajstić information content (AvgIpc) is 2.84. The third-order valence-electron chi connectivity index (χ3n) is 2.60. The normalized spacial score (nSPS) is 25.4. The van der Waals surface area contributed by atoms with Crippen LogP contribution in [-0.4, -0.2) is 0 Å². The molecule has 2 aliphatic heterocycles. The van der Waals surface area contributed by atoms with Crippen molar-refractivity contribution >= 4 is 47.0 Å². The Labute approximate surface area is 128 Å². The van der Waals surface area contributed by atoms with E-state index in [2.05, 4.69) is 52.4 Å². The summed E-state index contributed by atoms with van der Waals surface area (Å²) in [4.78, 5) is 2.97. The molecule has 100 valence electrons. The first-order valence-electron chi connectivity index (χ1n) is 6.02. The molecule has 0 unspecified atom stereocenters. The van der Waals surface area contributed by atoms with Gasteiger partial charge in [-0.15, -0.1) is 0 Å². The van der Waals surface area contributed by atoms with Crippen LogP contribution in [0.5, 0.6) is 0 Å². The van der Waals surface area contributed by atoms with Gasteiger partial charge in [-0.2, -0.15) is 0 Å². The van der Waals surface area contributed by atoms with Crippen molar-refractivity contribution in [2.24, 2.45) is 10.8 Å². The van der Waals surface area contributed by atoms with Gasteiger partial charge in [-0.3, -0.25) is 0 Å². The predicted molar refractivity (Wildman–Crippen MR) is 92.5 cm³/mol. The molecule has 0 nitrogen and oxygen atoms in total. The maximum atomic E-state index is 2.32. The highest BCUT2D eigenvalue weighted by molar-refractivity contribution is 8.33. The molecule has 0 spiro atoms. The first-order valence-corrected chi connectivity index (χ1v) is 9.42. The van der Waals surface area contributed by atoms with Crippen LogP contribution in [0.15, 0.2) is 29.1 Å². The maximum Gasteiger partial charge on any atom is 0.0697 e. The molecular weight excluding hydrogens is 296 g/mol. The van der Waals surface area contributed by atoms with Crippen LogP contribution in [0.3, 0.4) is 0 Å². The molecule has 2 heterocycles. The summed E-state index contributed by atoms with van der Waals surface area (Å²) in [7, 11) is 0. The van der Waals surface area contributed by atoms with Crippen LogP contribution >= 0.6 is 47.0 Å². The van der Waals surface area contributed by atoms with Gasteiger partial charge in [-0.25, -0.2) is 0 Å². The zero-order valence-electron chi connectivity index (χ0n) is 11.8. The molecule has 0 saturated carbocycles. The summed E-state index contributed by atoms with van der Waals surface area (Å²) in [6, 6.07) is 0. The van der Waals surface area contributed by atoms with E-state index in [0.29, 0.717) is 0 Å². The van der Waals surface area contributed by atoms with Crippen molar-refractivity contribution in [2.45, 2.75) is 41.5 Å².